The van der Waals surface area contributed by atoms with Crippen LogP contribution in [0, 0.1) is 0 Å². The average Bonchev–Trinajstić information content (AvgIpc) is 2.91. The number of unbranched alkanes of at least 4 members (excludes halogenated alkanes) is 17. The fraction of sp³-hybridized carbons (Fsp3) is 0.588. The van der Waals surface area contributed by atoms with Gasteiger partial charge in [-0.2, -0.15) is 0 Å². The summed E-state index contributed by atoms with van der Waals surface area (Å²) in [4.78, 5) is 14.2. The van der Waals surface area contributed by atoms with E-state index < -0.39 is 8.25 Å². The van der Waals surface area contributed by atoms with E-state index >= 15 is 0 Å². The molecule has 0 atom stereocenters. The first-order valence-electron chi connectivity index (χ1n) is 15.4. The Morgan fingerprint density at radius 3 is 1.39 bits per heavy atom. The molecule has 0 fully saturated rings. The van der Waals surface area contributed by atoms with E-state index in [2.05, 4.69) is 61.5 Å². The molecule has 0 spiro atoms. The number of benzene rings is 3. The Morgan fingerprint density at radius 2 is 0.921 bits per heavy atom. The number of hydrogen-bond donors (Lipinski definition) is 2. The van der Waals surface area contributed by atoms with Gasteiger partial charge in [-0.25, -0.2) is 0 Å². The van der Waals surface area contributed by atoms with E-state index in [4.69, 9.17) is 14.4 Å². The van der Waals surface area contributed by atoms with Gasteiger partial charge in [0.05, 0.1) is 0 Å². The summed E-state index contributed by atoms with van der Waals surface area (Å²) < 4.78 is 8.70. The van der Waals surface area contributed by atoms with Crippen molar-refractivity contribution in [3.63, 3.8) is 0 Å². The average molecular weight is 540 g/mol. The Labute approximate surface area is 233 Å². The van der Waals surface area contributed by atoms with Crippen molar-refractivity contribution in [2.45, 2.75) is 129 Å². The quantitative estimate of drug-likeness (QED) is 0.0904. The summed E-state index contributed by atoms with van der Waals surface area (Å²) in [6, 6.07) is 20.3. The fourth-order valence-electron chi connectivity index (χ4n) is 5.47. The lowest BCUT2D eigenvalue weighted by molar-refractivity contribution is 0.405. The molecule has 0 aliphatic rings. The van der Waals surface area contributed by atoms with Crippen LogP contribution in [0.25, 0.3) is 21.5 Å². The molecular weight excluding hydrogens is 487 g/mol. The molecule has 0 aliphatic heterocycles. The third kappa shape index (κ3) is 14.4. The zero-order valence-corrected chi connectivity index (χ0v) is 24.8. The predicted molar refractivity (Wildman–Crippen MR) is 166 cm³/mol. The van der Waals surface area contributed by atoms with Gasteiger partial charge in [-0.1, -0.05) is 159 Å². The number of hydrogen-bond acceptors (Lipinski definition) is 1. The van der Waals surface area contributed by atoms with Gasteiger partial charge in [0.15, 0.2) is 0 Å². The minimum atomic E-state index is -2.87. The van der Waals surface area contributed by atoms with E-state index in [1.165, 1.54) is 149 Å². The second-order valence-corrected chi connectivity index (χ2v) is 11.4. The lowest BCUT2D eigenvalue weighted by Gasteiger charge is -2.09. The van der Waals surface area contributed by atoms with Gasteiger partial charge in [-0.05, 0) is 52.1 Å². The topological polar surface area (TPSA) is 57.5 Å². The molecule has 0 heterocycles. The molecule has 3 nitrogen and oxygen atoms in total. The van der Waals surface area contributed by atoms with Crippen molar-refractivity contribution in [2.24, 2.45) is 0 Å². The maximum absolute atomic E-state index is 8.70. The van der Waals surface area contributed by atoms with Crippen LogP contribution in [-0.4, -0.2) is 9.79 Å². The molecule has 0 amide bonds. The van der Waals surface area contributed by atoms with E-state index in [1.807, 2.05) is 0 Å². The Bertz CT molecular complexity index is 1030. The zero-order chi connectivity index (χ0) is 27.3. The molecule has 0 radical (unpaired) electrons. The van der Waals surface area contributed by atoms with Crippen molar-refractivity contribution in [1.29, 1.82) is 0 Å². The number of fused-ring (bicyclic) bond motifs is 2. The molecule has 210 valence electrons. The summed E-state index contributed by atoms with van der Waals surface area (Å²) >= 11 is 0. The van der Waals surface area contributed by atoms with Gasteiger partial charge >= 0.3 is 8.25 Å². The van der Waals surface area contributed by atoms with E-state index in [9.17, 15) is 0 Å². The first-order valence-corrected chi connectivity index (χ1v) is 16.5. The van der Waals surface area contributed by atoms with Crippen molar-refractivity contribution in [2.75, 3.05) is 0 Å². The van der Waals surface area contributed by atoms with Crippen LogP contribution >= 0.6 is 8.25 Å². The Balaban J connectivity index is 0.00000118. The van der Waals surface area contributed by atoms with Gasteiger partial charge in [-0.15, -0.1) is 9.79 Å². The third-order valence-electron chi connectivity index (χ3n) is 7.64. The van der Waals surface area contributed by atoms with E-state index in [1.54, 1.807) is 0 Å². The number of rotatable bonds is 19. The first kappa shape index (κ1) is 32.4. The van der Waals surface area contributed by atoms with Gasteiger partial charge in [0, 0.05) is 4.57 Å². The second-order valence-electron chi connectivity index (χ2n) is 10.9. The molecule has 38 heavy (non-hydrogen) atoms. The van der Waals surface area contributed by atoms with E-state index in [-0.39, 0.29) is 0 Å². The summed E-state index contributed by atoms with van der Waals surface area (Å²) in [6.45, 7) is 2.30. The summed E-state index contributed by atoms with van der Waals surface area (Å²) in [5.41, 5.74) is 1.53. The van der Waals surface area contributed by atoms with Crippen LogP contribution in [0.2, 0.25) is 0 Å². The molecule has 0 saturated heterocycles. The monoisotopic (exact) mass is 539 g/mol. The largest absolute Gasteiger partial charge is 0.692 e. The lowest BCUT2D eigenvalue weighted by atomic mass is 9.96. The van der Waals surface area contributed by atoms with Crippen LogP contribution in [0.1, 0.15) is 128 Å². The molecule has 0 aromatic heterocycles. The second kappa shape index (κ2) is 21.1. The van der Waals surface area contributed by atoms with Gasteiger partial charge in [0.25, 0.3) is 0 Å². The highest BCUT2D eigenvalue weighted by Crippen LogP contribution is 2.26. The third-order valence-corrected chi connectivity index (χ3v) is 7.64. The van der Waals surface area contributed by atoms with Crippen molar-refractivity contribution in [1.82, 2.24) is 0 Å². The molecule has 4 heteroatoms. The van der Waals surface area contributed by atoms with Crippen molar-refractivity contribution < 1.29 is 14.4 Å². The van der Waals surface area contributed by atoms with Gasteiger partial charge in [-0.3, -0.25) is 0 Å². The summed E-state index contributed by atoms with van der Waals surface area (Å²) in [5, 5.41) is 5.55. The standard InChI is InChI=1S/C34H50.HO3P/c1-2-3-4-5-6-7-8-9-10-11-12-13-14-15-16-17-18-19-23-30-26-22-27-33-28-31-24-20-21-25-32(31)29-34(30)33;1-4(2)3/h20-22,24-29H,2-19,23H2,1H3;(H-,1,2,3)/p+1. The maximum atomic E-state index is 8.70. The summed E-state index contributed by atoms with van der Waals surface area (Å²) in [5.74, 6) is 0. The maximum Gasteiger partial charge on any atom is 0.692 e. The minimum absolute atomic E-state index is 1.22. The van der Waals surface area contributed by atoms with Crippen LogP contribution in [0.4, 0.5) is 0 Å². The lowest BCUT2D eigenvalue weighted by Crippen LogP contribution is -1.89. The fourth-order valence-corrected chi connectivity index (χ4v) is 5.47. The van der Waals surface area contributed by atoms with Gasteiger partial charge in [0.2, 0.25) is 0 Å². The summed E-state index contributed by atoms with van der Waals surface area (Å²) in [7, 11) is -2.87. The highest BCUT2D eigenvalue weighted by molar-refractivity contribution is 7.30. The molecule has 0 saturated carbocycles. The summed E-state index contributed by atoms with van der Waals surface area (Å²) in [6.07, 6.45) is 27.1. The Morgan fingerprint density at radius 1 is 0.526 bits per heavy atom. The minimum Gasteiger partial charge on any atom is -0.134 e. The van der Waals surface area contributed by atoms with Gasteiger partial charge in [0.1, 0.15) is 0 Å². The number of aryl methyl sites for hydroxylation is 1. The van der Waals surface area contributed by atoms with Crippen LogP contribution in [-0.2, 0) is 11.0 Å². The molecule has 3 aromatic rings. The van der Waals surface area contributed by atoms with Crippen LogP contribution < -0.4 is 0 Å². The SMILES string of the molecule is CCCCCCCCCCCCCCCCCCCCc1cccc2cc3ccccc3cc12.O=[P+](O)O. The molecule has 2 N–H and O–H groups in total. The van der Waals surface area contributed by atoms with Crippen LogP contribution in [0.5, 0.6) is 0 Å². The zero-order valence-electron chi connectivity index (χ0n) is 23.9. The molecular formula is C34H52O3P+. The van der Waals surface area contributed by atoms with Crippen molar-refractivity contribution >= 4 is 29.8 Å². The molecule has 0 bridgehead atoms. The normalized spacial score (nSPS) is 11.0. The Kier molecular flexibility index (Phi) is 18.0. The predicted octanol–water partition coefficient (Wildman–Crippen LogP) is 11.2. The van der Waals surface area contributed by atoms with E-state index in [0.717, 1.165) is 0 Å². The first-order chi connectivity index (χ1) is 18.6. The smallest absolute Gasteiger partial charge is 0.134 e. The van der Waals surface area contributed by atoms with Gasteiger partial charge < -0.3 is 0 Å². The highest BCUT2D eigenvalue weighted by atomic mass is 31.1. The molecule has 0 unspecified atom stereocenters. The molecule has 3 rings (SSSR count). The van der Waals surface area contributed by atoms with E-state index in [0.29, 0.717) is 0 Å². The Hall–Kier alpha value is -1.80. The van der Waals surface area contributed by atoms with Crippen LogP contribution in [0.15, 0.2) is 54.6 Å². The van der Waals surface area contributed by atoms with Crippen LogP contribution in [0.3, 0.4) is 0 Å². The van der Waals surface area contributed by atoms with Crippen molar-refractivity contribution in [3.05, 3.63) is 60.2 Å². The highest BCUT2D eigenvalue weighted by Gasteiger charge is 2.03. The van der Waals surface area contributed by atoms with Crippen molar-refractivity contribution in [3.8, 4) is 0 Å². The molecule has 3 aromatic carbocycles. The molecule has 0 aliphatic carbocycles.